The Hall–Kier alpha value is -2.05. The average Bonchev–Trinajstić information content (AvgIpc) is 2.85. The summed E-state index contributed by atoms with van der Waals surface area (Å²) in [4.78, 5) is 16.9. The van der Waals surface area contributed by atoms with Gasteiger partial charge in [0.1, 0.15) is 5.82 Å². The Kier molecular flexibility index (Phi) is 4.41. The third kappa shape index (κ3) is 4.03. The van der Waals surface area contributed by atoms with E-state index in [0.717, 1.165) is 12.1 Å². The summed E-state index contributed by atoms with van der Waals surface area (Å²) in [6, 6.07) is 2.30. The molecule has 126 valence electrons. The van der Waals surface area contributed by atoms with Crippen LogP contribution in [0.2, 0.25) is 0 Å². The fraction of sp³-hybridized carbons (Fsp3) is 0.438. The lowest BCUT2D eigenvalue weighted by Gasteiger charge is -2.23. The van der Waals surface area contributed by atoms with Crippen LogP contribution in [0.3, 0.4) is 0 Å². The van der Waals surface area contributed by atoms with Crippen molar-refractivity contribution in [3.8, 4) is 0 Å². The van der Waals surface area contributed by atoms with Crippen LogP contribution in [0.15, 0.2) is 30.5 Å². The zero-order chi connectivity index (χ0) is 17.4. The highest BCUT2D eigenvalue weighted by Gasteiger charge is 2.33. The van der Waals surface area contributed by atoms with Crippen molar-refractivity contribution in [3.05, 3.63) is 47.4 Å². The molecule has 0 aliphatic carbocycles. The van der Waals surface area contributed by atoms with Crippen LogP contribution in [0.4, 0.5) is 17.6 Å². The van der Waals surface area contributed by atoms with Gasteiger partial charge in [-0.25, -0.2) is 14.2 Å². The van der Waals surface area contributed by atoms with Gasteiger partial charge in [0.05, 0.1) is 17.5 Å². The van der Waals surface area contributed by atoms with E-state index in [0.29, 0.717) is 6.07 Å². The first-order chi connectivity index (χ1) is 10.5. The zero-order valence-electron chi connectivity index (χ0n) is 12.9. The predicted molar refractivity (Wildman–Crippen MR) is 75.5 cm³/mol. The summed E-state index contributed by atoms with van der Waals surface area (Å²) < 4.78 is 52.1. The minimum atomic E-state index is -4.54. The Balaban J connectivity index is 2.14. The molecule has 1 aliphatic rings. The van der Waals surface area contributed by atoms with E-state index in [1.807, 2.05) is 0 Å². The quantitative estimate of drug-likeness (QED) is 0.758. The summed E-state index contributed by atoms with van der Waals surface area (Å²) >= 11 is 0. The number of carbonyl (C=O) groups excluding carboxylic acids is 1. The van der Waals surface area contributed by atoms with Crippen LogP contribution in [0.1, 0.15) is 37.8 Å². The van der Waals surface area contributed by atoms with Gasteiger partial charge >= 0.3 is 12.1 Å². The molecule has 3 nitrogen and oxygen atoms in total. The number of hydrogen-bond acceptors (Lipinski definition) is 3. The number of hydrogen-bond donors (Lipinski definition) is 0. The highest BCUT2D eigenvalue weighted by atomic mass is 19.4. The molecule has 0 aromatic heterocycles. The lowest BCUT2D eigenvalue weighted by atomic mass is 9.97. The molecular formula is C16H17F4NO2. The molecule has 1 unspecified atom stereocenters. The number of hydroxylamine groups is 2. The smallest absolute Gasteiger partial charge is 0.341 e. The van der Waals surface area contributed by atoms with Gasteiger partial charge in [-0.1, -0.05) is 6.08 Å². The first-order valence-corrected chi connectivity index (χ1v) is 7.02. The normalized spacial score (nSPS) is 18.4. The van der Waals surface area contributed by atoms with Crippen molar-refractivity contribution in [2.24, 2.45) is 5.41 Å². The summed E-state index contributed by atoms with van der Waals surface area (Å²) in [6.45, 7) is 5.11. The topological polar surface area (TPSA) is 29.5 Å². The van der Waals surface area contributed by atoms with Crippen molar-refractivity contribution in [3.63, 3.8) is 0 Å². The van der Waals surface area contributed by atoms with Crippen molar-refractivity contribution in [2.75, 3.05) is 6.54 Å². The van der Waals surface area contributed by atoms with Gasteiger partial charge in [-0.2, -0.15) is 13.2 Å². The van der Waals surface area contributed by atoms with Gasteiger partial charge in [-0.3, -0.25) is 0 Å². The average molecular weight is 331 g/mol. The molecule has 1 aliphatic heterocycles. The molecule has 0 saturated heterocycles. The van der Waals surface area contributed by atoms with Gasteiger partial charge in [-0.05, 0) is 44.5 Å². The van der Waals surface area contributed by atoms with Crippen molar-refractivity contribution in [1.82, 2.24) is 5.06 Å². The van der Waals surface area contributed by atoms with E-state index in [4.69, 9.17) is 4.84 Å². The molecule has 0 saturated carbocycles. The van der Waals surface area contributed by atoms with Crippen molar-refractivity contribution in [2.45, 2.75) is 32.9 Å². The number of carbonyl (C=O) groups is 1. The molecule has 1 atom stereocenters. The highest BCUT2D eigenvalue weighted by molar-refractivity contribution is 5.75. The van der Waals surface area contributed by atoms with E-state index in [1.165, 1.54) is 17.3 Å². The van der Waals surface area contributed by atoms with Crippen LogP contribution in [0.25, 0.3) is 0 Å². The molecule has 7 heteroatoms. The fourth-order valence-corrected chi connectivity index (χ4v) is 2.03. The van der Waals surface area contributed by atoms with Crippen LogP contribution in [-0.4, -0.2) is 17.6 Å². The SMILES string of the molecule is CC(C)(C)C(=O)ON1C=CC(c2cc(C(F)(F)F)ccc2F)C1. The van der Waals surface area contributed by atoms with Crippen LogP contribution < -0.4 is 0 Å². The van der Waals surface area contributed by atoms with Crippen molar-refractivity contribution < 1.29 is 27.2 Å². The molecule has 1 aromatic rings. The summed E-state index contributed by atoms with van der Waals surface area (Å²) in [7, 11) is 0. The Morgan fingerprint density at radius 3 is 2.48 bits per heavy atom. The minimum absolute atomic E-state index is 0.0695. The van der Waals surface area contributed by atoms with Crippen LogP contribution >= 0.6 is 0 Å². The van der Waals surface area contributed by atoms with Crippen molar-refractivity contribution >= 4 is 5.97 Å². The maximum atomic E-state index is 13.9. The summed E-state index contributed by atoms with van der Waals surface area (Å²) in [5.74, 6) is -1.82. The third-order valence-corrected chi connectivity index (χ3v) is 3.40. The second-order valence-electron chi connectivity index (χ2n) is 6.41. The summed E-state index contributed by atoms with van der Waals surface area (Å²) in [6.07, 6.45) is -1.61. The number of alkyl halides is 3. The van der Waals surface area contributed by atoms with Gasteiger partial charge in [0.15, 0.2) is 0 Å². The standard InChI is InChI=1S/C16H17F4NO2/c1-15(2,3)14(22)23-21-7-6-10(9-21)12-8-11(16(18,19)20)4-5-13(12)17/h4-8,10H,9H2,1-3H3. The van der Waals surface area contributed by atoms with Crippen LogP contribution in [0, 0.1) is 11.2 Å². The van der Waals surface area contributed by atoms with Gasteiger partial charge < -0.3 is 4.84 Å². The van der Waals surface area contributed by atoms with E-state index >= 15 is 0 Å². The summed E-state index contributed by atoms with van der Waals surface area (Å²) in [5.41, 5.74) is -1.70. The third-order valence-electron chi connectivity index (χ3n) is 3.40. The minimum Gasteiger partial charge on any atom is -0.341 e. The summed E-state index contributed by atoms with van der Waals surface area (Å²) in [5, 5.41) is 1.21. The first-order valence-electron chi connectivity index (χ1n) is 7.02. The van der Waals surface area contributed by atoms with E-state index in [9.17, 15) is 22.4 Å². The lowest BCUT2D eigenvalue weighted by molar-refractivity contribution is -0.187. The maximum absolute atomic E-state index is 13.9. The van der Waals surface area contributed by atoms with E-state index in [-0.39, 0.29) is 12.1 Å². The molecule has 0 fully saturated rings. The number of benzene rings is 1. The van der Waals surface area contributed by atoms with E-state index in [1.54, 1.807) is 20.8 Å². The van der Waals surface area contributed by atoms with E-state index in [2.05, 4.69) is 0 Å². The molecule has 23 heavy (non-hydrogen) atoms. The monoisotopic (exact) mass is 331 g/mol. The molecule has 1 heterocycles. The number of rotatable bonds is 2. The Bertz CT molecular complexity index is 632. The predicted octanol–water partition coefficient (Wildman–Crippen LogP) is 4.26. The Morgan fingerprint density at radius 2 is 1.91 bits per heavy atom. The Labute approximate surface area is 131 Å². The number of halogens is 4. The van der Waals surface area contributed by atoms with Gasteiger partial charge in [0.25, 0.3) is 0 Å². The van der Waals surface area contributed by atoms with Crippen LogP contribution in [-0.2, 0) is 15.8 Å². The van der Waals surface area contributed by atoms with Crippen LogP contribution in [0.5, 0.6) is 0 Å². The Morgan fingerprint density at radius 1 is 1.26 bits per heavy atom. The zero-order valence-corrected chi connectivity index (χ0v) is 12.9. The highest BCUT2D eigenvalue weighted by Crippen LogP contribution is 2.34. The largest absolute Gasteiger partial charge is 0.416 e. The first kappa shape index (κ1) is 17.3. The lowest BCUT2D eigenvalue weighted by Crippen LogP contribution is -2.30. The fourth-order valence-electron chi connectivity index (χ4n) is 2.03. The van der Waals surface area contributed by atoms with Crippen molar-refractivity contribution in [1.29, 1.82) is 0 Å². The molecule has 0 radical (unpaired) electrons. The maximum Gasteiger partial charge on any atom is 0.416 e. The number of nitrogens with zero attached hydrogens (tertiary/aromatic N) is 1. The molecule has 0 bridgehead atoms. The molecular weight excluding hydrogens is 314 g/mol. The molecule has 2 rings (SSSR count). The van der Waals surface area contributed by atoms with Gasteiger partial charge in [0, 0.05) is 12.1 Å². The van der Waals surface area contributed by atoms with Gasteiger partial charge in [0.2, 0.25) is 0 Å². The second kappa shape index (κ2) is 5.86. The van der Waals surface area contributed by atoms with E-state index < -0.39 is 34.9 Å². The molecule has 0 N–H and O–H groups in total. The van der Waals surface area contributed by atoms with Gasteiger partial charge in [-0.15, -0.1) is 0 Å². The molecule has 0 spiro atoms. The molecule has 0 amide bonds. The molecule has 1 aromatic carbocycles. The second-order valence-corrected chi connectivity index (χ2v) is 6.41.